The van der Waals surface area contributed by atoms with Gasteiger partial charge in [0.1, 0.15) is 5.78 Å². The van der Waals surface area contributed by atoms with Crippen LogP contribution in [-0.4, -0.2) is 23.8 Å². The molecule has 0 bridgehead atoms. The summed E-state index contributed by atoms with van der Waals surface area (Å²) in [6, 6.07) is 4.51. The minimum Gasteiger partial charge on any atom is -0.299 e. The smallest absolute Gasteiger partial charge is 0.141 e. The van der Waals surface area contributed by atoms with Crippen molar-refractivity contribution < 1.29 is 4.79 Å². The van der Waals surface area contributed by atoms with Gasteiger partial charge in [0.15, 0.2) is 0 Å². The molecule has 2 rings (SSSR count). The van der Waals surface area contributed by atoms with Crippen LogP contribution >= 0.6 is 0 Å². The second-order valence-corrected chi connectivity index (χ2v) is 6.64. The zero-order valence-electron chi connectivity index (χ0n) is 12.8. The van der Waals surface area contributed by atoms with E-state index in [1.807, 2.05) is 0 Å². The summed E-state index contributed by atoms with van der Waals surface area (Å²) in [4.78, 5) is 14.3. The van der Waals surface area contributed by atoms with Crippen molar-refractivity contribution in [2.45, 2.75) is 47.6 Å². The molecule has 0 unspecified atom stereocenters. The maximum atomic E-state index is 11.9. The first-order valence-corrected chi connectivity index (χ1v) is 7.12. The molecule has 0 aromatic heterocycles. The van der Waals surface area contributed by atoms with Gasteiger partial charge in [-0.25, -0.2) is 0 Å². The van der Waals surface area contributed by atoms with Crippen LogP contribution in [0.2, 0.25) is 0 Å². The van der Waals surface area contributed by atoms with E-state index in [9.17, 15) is 4.79 Å². The Morgan fingerprint density at radius 3 is 2.26 bits per heavy atom. The van der Waals surface area contributed by atoms with E-state index in [1.165, 1.54) is 22.3 Å². The average Bonchev–Trinajstić information content (AvgIpc) is 2.28. The number of ketones is 1. The Kier molecular flexibility index (Phi) is 3.82. The van der Waals surface area contributed by atoms with Crippen molar-refractivity contribution in [3.63, 3.8) is 0 Å². The molecule has 0 amide bonds. The molecule has 0 radical (unpaired) electrons. The molecule has 0 saturated carbocycles. The van der Waals surface area contributed by atoms with E-state index in [-0.39, 0.29) is 5.41 Å². The van der Waals surface area contributed by atoms with E-state index in [2.05, 4.69) is 51.7 Å². The predicted octanol–water partition coefficient (Wildman–Crippen LogP) is 3.41. The number of benzene rings is 1. The van der Waals surface area contributed by atoms with E-state index >= 15 is 0 Å². The standard InChI is InChI=1S/C17H25NO/c1-12-8-13(2)15(14(3)9-12)10-18-7-6-16(19)17(4,5)11-18/h8-9H,6-7,10-11H2,1-5H3. The molecule has 0 spiro atoms. The zero-order valence-corrected chi connectivity index (χ0v) is 12.8. The number of Topliss-reactive ketones (excluding diaryl/α,β-unsaturated/α-hetero) is 1. The fourth-order valence-corrected chi connectivity index (χ4v) is 3.14. The molecule has 0 aliphatic carbocycles. The molecule has 0 atom stereocenters. The number of aryl methyl sites for hydroxylation is 3. The van der Waals surface area contributed by atoms with Gasteiger partial charge in [0.2, 0.25) is 0 Å². The maximum Gasteiger partial charge on any atom is 0.141 e. The number of hydrogen-bond donors (Lipinski definition) is 0. The summed E-state index contributed by atoms with van der Waals surface area (Å²) in [5.74, 6) is 0.404. The molecule has 104 valence electrons. The molecule has 19 heavy (non-hydrogen) atoms. The monoisotopic (exact) mass is 259 g/mol. The first-order valence-electron chi connectivity index (χ1n) is 7.12. The number of carbonyl (C=O) groups excluding carboxylic acids is 1. The molecule has 1 aliphatic heterocycles. The number of piperidine rings is 1. The first kappa shape index (κ1) is 14.3. The first-order chi connectivity index (χ1) is 8.79. The lowest BCUT2D eigenvalue weighted by molar-refractivity contribution is -0.131. The van der Waals surface area contributed by atoms with Gasteiger partial charge in [-0.05, 0) is 37.5 Å². The summed E-state index contributed by atoms with van der Waals surface area (Å²) in [5.41, 5.74) is 5.30. The van der Waals surface area contributed by atoms with Crippen LogP contribution in [0.25, 0.3) is 0 Å². The van der Waals surface area contributed by atoms with Gasteiger partial charge in [0.05, 0.1) is 0 Å². The normalized spacial score (nSPS) is 19.7. The molecule has 1 saturated heterocycles. The van der Waals surface area contributed by atoms with Gasteiger partial charge < -0.3 is 0 Å². The van der Waals surface area contributed by atoms with Crippen molar-refractivity contribution >= 4 is 5.78 Å². The fourth-order valence-electron chi connectivity index (χ4n) is 3.14. The molecule has 1 aliphatic rings. The van der Waals surface area contributed by atoms with Gasteiger partial charge in [0, 0.05) is 31.5 Å². The second kappa shape index (κ2) is 5.09. The largest absolute Gasteiger partial charge is 0.299 e. The molecular weight excluding hydrogens is 234 g/mol. The molecule has 2 nitrogen and oxygen atoms in total. The van der Waals surface area contributed by atoms with E-state index in [0.29, 0.717) is 12.2 Å². The fraction of sp³-hybridized carbons (Fsp3) is 0.588. The van der Waals surface area contributed by atoms with Crippen molar-refractivity contribution in [2.24, 2.45) is 5.41 Å². The molecule has 1 aromatic rings. The molecule has 1 aromatic carbocycles. The zero-order chi connectivity index (χ0) is 14.2. The maximum absolute atomic E-state index is 11.9. The Labute approximate surface area is 116 Å². The van der Waals surface area contributed by atoms with E-state index < -0.39 is 0 Å². The summed E-state index contributed by atoms with van der Waals surface area (Å²) in [7, 11) is 0. The van der Waals surface area contributed by atoms with Gasteiger partial charge >= 0.3 is 0 Å². The van der Waals surface area contributed by atoms with Gasteiger partial charge in [-0.1, -0.05) is 31.5 Å². The van der Waals surface area contributed by atoms with Crippen LogP contribution in [0, 0.1) is 26.2 Å². The van der Waals surface area contributed by atoms with Crippen LogP contribution in [0.1, 0.15) is 42.5 Å². The van der Waals surface area contributed by atoms with Crippen molar-refractivity contribution in [1.82, 2.24) is 4.90 Å². The second-order valence-electron chi connectivity index (χ2n) is 6.64. The summed E-state index contributed by atoms with van der Waals surface area (Å²) in [6.45, 7) is 13.4. The Balaban J connectivity index is 2.17. The Bertz CT molecular complexity index is 479. The molecule has 1 fully saturated rings. The van der Waals surface area contributed by atoms with Crippen molar-refractivity contribution in [3.8, 4) is 0 Å². The molecule has 2 heteroatoms. The highest BCUT2D eigenvalue weighted by molar-refractivity contribution is 5.85. The SMILES string of the molecule is Cc1cc(C)c(CN2CCC(=O)C(C)(C)C2)c(C)c1. The number of carbonyl (C=O) groups is 1. The highest BCUT2D eigenvalue weighted by Gasteiger charge is 2.34. The van der Waals surface area contributed by atoms with Crippen LogP contribution in [-0.2, 0) is 11.3 Å². The summed E-state index contributed by atoms with van der Waals surface area (Å²) in [6.07, 6.45) is 0.691. The van der Waals surface area contributed by atoms with E-state index in [0.717, 1.165) is 19.6 Å². The van der Waals surface area contributed by atoms with Crippen molar-refractivity contribution in [2.75, 3.05) is 13.1 Å². The van der Waals surface area contributed by atoms with Crippen LogP contribution in [0.4, 0.5) is 0 Å². The number of hydrogen-bond acceptors (Lipinski definition) is 2. The number of nitrogens with zero attached hydrogens (tertiary/aromatic N) is 1. The Hall–Kier alpha value is -1.15. The lowest BCUT2D eigenvalue weighted by Crippen LogP contribution is -2.45. The van der Waals surface area contributed by atoms with Crippen LogP contribution in [0.3, 0.4) is 0 Å². The quantitative estimate of drug-likeness (QED) is 0.811. The number of likely N-dealkylation sites (tertiary alicyclic amines) is 1. The lowest BCUT2D eigenvalue weighted by atomic mass is 9.82. The van der Waals surface area contributed by atoms with Crippen molar-refractivity contribution in [3.05, 3.63) is 34.4 Å². The third-order valence-corrected chi connectivity index (χ3v) is 4.25. The minimum atomic E-state index is -0.190. The Morgan fingerprint density at radius 1 is 1.16 bits per heavy atom. The average molecular weight is 259 g/mol. The topological polar surface area (TPSA) is 20.3 Å². The van der Waals surface area contributed by atoms with Crippen LogP contribution in [0.5, 0.6) is 0 Å². The summed E-state index contributed by atoms with van der Waals surface area (Å²) < 4.78 is 0. The third-order valence-electron chi connectivity index (χ3n) is 4.25. The minimum absolute atomic E-state index is 0.190. The van der Waals surface area contributed by atoms with Gasteiger partial charge in [0.25, 0.3) is 0 Å². The van der Waals surface area contributed by atoms with Gasteiger partial charge in [-0.15, -0.1) is 0 Å². The van der Waals surface area contributed by atoms with Crippen LogP contribution < -0.4 is 0 Å². The van der Waals surface area contributed by atoms with Crippen LogP contribution in [0.15, 0.2) is 12.1 Å². The lowest BCUT2D eigenvalue weighted by Gasteiger charge is -2.37. The van der Waals surface area contributed by atoms with E-state index in [4.69, 9.17) is 0 Å². The van der Waals surface area contributed by atoms with Crippen molar-refractivity contribution in [1.29, 1.82) is 0 Å². The van der Waals surface area contributed by atoms with Gasteiger partial charge in [-0.2, -0.15) is 0 Å². The molecular formula is C17H25NO. The summed E-state index contributed by atoms with van der Waals surface area (Å²) >= 11 is 0. The summed E-state index contributed by atoms with van der Waals surface area (Å²) in [5, 5.41) is 0. The molecule has 1 heterocycles. The highest BCUT2D eigenvalue weighted by Crippen LogP contribution is 2.27. The number of rotatable bonds is 2. The Morgan fingerprint density at radius 2 is 1.74 bits per heavy atom. The van der Waals surface area contributed by atoms with Gasteiger partial charge in [-0.3, -0.25) is 9.69 Å². The third kappa shape index (κ3) is 3.06. The molecule has 0 N–H and O–H groups in total. The highest BCUT2D eigenvalue weighted by atomic mass is 16.1. The van der Waals surface area contributed by atoms with E-state index in [1.54, 1.807) is 0 Å². The predicted molar refractivity (Wildman–Crippen MR) is 79.3 cm³/mol.